The summed E-state index contributed by atoms with van der Waals surface area (Å²) < 4.78 is 99.3. The van der Waals surface area contributed by atoms with Crippen molar-refractivity contribution in [3.8, 4) is 0 Å². The molecule has 1 aliphatic carbocycles. The maximum Gasteiger partial charge on any atom is 0.416 e. The van der Waals surface area contributed by atoms with Gasteiger partial charge in [0.25, 0.3) is 5.91 Å². The van der Waals surface area contributed by atoms with Crippen molar-refractivity contribution in [3.63, 3.8) is 0 Å². The minimum Gasteiger partial charge on any atom is -0.332 e. The van der Waals surface area contributed by atoms with Gasteiger partial charge in [-0.3, -0.25) is 9.48 Å². The van der Waals surface area contributed by atoms with Crippen LogP contribution in [0.3, 0.4) is 0 Å². The number of aryl methyl sites for hydroxylation is 1. The molecule has 1 saturated carbocycles. The van der Waals surface area contributed by atoms with Crippen LogP contribution in [0.2, 0.25) is 0 Å². The summed E-state index contributed by atoms with van der Waals surface area (Å²) in [5.41, 5.74) is -5.79. The molecule has 1 fully saturated rings. The normalized spacial score (nSPS) is 20.0. The highest BCUT2D eigenvalue weighted by atomic mass is 19.4. The molecular formula is C25H24F7N7O2. The number of tetrazole rings is 1. The second-order valence-electron chi connectivity index (χ2n) is 10.3. The van der Waals surface area contributed by atoms with Gasteiger partial charge in [0.2, 0.25) is 0 Å². The van der Waals surface area contributed by atoms with E-state index in [1.54, 1.807) is 6.20 Å². The van der Waals surface area contributed by atoms with Gasteiger partial charge in [-0.2, -0.15) is 36.1 Å². The molecule has 1 amide bonds. The summed E-state index contributed by atoms with van der Waals surface area (Å²) in [6.45, 7) is 0.516. The number of hydrogen-bond acceptors (Lipinski definition) is 5. The number of aromatic amines is 1. The molecule has 5 rings (SSSR count). The van der Waals surface area contributed by atoms with Gasteiger partial charge in [0.15, 0.2) is 5.54 Å². The van der Waals surface area contributed by atoms with E-state index in [9.17, 15) is 35.9 Å². The Morgan fingerprint density at radius 1 is 1.05 bits per heavy atom. The Morgan fingerprint density at radius 3 is 2.41 bits per heavy atom. The van der Waals surface area contributed by atoms with Gasteiger partial charge >= 0.3 is 18.0 Å². The van der Waals surface area contributed by atoms with E-state index in [-0.39, 0.29) is 36.1 Å². The van der Waals surface area contributed by atoms with Gasteiger partial charge in [-0.1, -0.05) is 12.1 Å². The second-order valence-corrected chi connectivity index (χ2v) is 10.3. The highest BCUT2D eigenvalue weighted by Gasteiger charge is 2.61. The molecule has 3 heterocycles. The van der Waals surface area contributed by atoms with E-state index in [1.807, 2.05) is 10.4 Å². The Morgan fingerprint density at radius 2 is 1.80 bits per heavy atom. The van der Waals surface area contributed by atoms with Gasteiger partial charge in [0.1, 0.15) is 11.5 Å². The average molecular weight is 588 g/mol. The zero-order valence-corrected chi connectivity index (χ0v) is 21.3. The fraction of sp³-hybridized carbons (Fsp3) is 0.480. The molecular weight excluding hydrogens is 563 g/mol. The summed E-state index contributed by atoms with van der Waals surface area (Å²) in [5.74, 6) is -2.28. The first-order valence-electron chi connectivity index (χ1n) is 12.8. The summed E-state index contributed by atoms with van der Waals surface area (Å²) in [5, 5.41) is 15.0. The third-order valence-electron chi connectivity index (χ3n) is 7.20. The molecule has 2 aliphatic rings. The van der Waals surface area contributed by atoms with Crippen LogP contribution >= 0.6 is 0 Å². The third kappa shape index (κ3) is 5.91. The highest BCUT2D eigenvalue weighted by Crippen LogP contribution is 2.49. The van der Waals surface area contributed by atoms with Crippen molar-refractivity contribution in [2.75, 3.05) is 0 Å². The quantitative estimate of drug-likeness (QED) is 0.286. The van der Waals surface area contributed by atoms with Gasteiger partial charge in [0, 0.05) is 36.7 Å². The van der Waals surface area contributed by atoms with Crippen LogP contribution < -0.4 is 11.0 Å². The molecule has 2 N–H and O–H groups in total. The highest BCUT2D eigenvalue weighted by molar-refractivity contribution is 6.22. The Bertz CT molecular complexity index is 1530. The largest absolute Gasteiger partial charge is 0.416 e. The van der Waals surface area contributed by atoms with E-state index in [0.29, 0.717) is 17.1 Å². The molecule has 1 aromatic carbocycles. The smallest absolute Gasteiger partial charge is 0.332 e. The number of benzene rings is 1. The van der Waals surface area contributed by atoms with Crippen LogP contribution in [-0.2, 0) is 23.3 Å². The monoisotopic (exact) mass is 587 g/mol. The summed E-state index contributed by atoms with van der Waals surface area (Å²) in [7, 11) is 0. The van der Waals surface area contributed by atoms with Crippen LogP contribution in [0, 0.1) is 11.7 Å². The van der Waals surface area contributed by atoms with E-state index >= 15 is 4.39 Å². The number of alkyl halides is 6. The molecule has 0 saturated heterocycles. The van der Waals surface area contributed by atoms with Crippen molar-refractivity contribution >= 4 is 17.2 Å². The number of halogens is 7. The van der Waals surface area contributed by atoms with E-state index in [0.717, 1.165) is 25.0 Å². The first kappa shape index (κ1) is 28.5. The van der Waals surface area contributed by atoms with Crippen LogP contribution in [0.15, 0.2) is 35.3 Å². The number of amides is 1. The predicted octanol–water partition coefficient (Wildman–Crippen LogP) is 4.33. The van der Waals surface area contributed by atoms with E-state index in [2.05, 4.69) is 15.5 Å². The molecule has 1 atom stereocenters. The fourth-order valence-electron chi connectivity index (χ4n) is 4.95. The maximum absolute atomic E-state index is 15.4. The van der Waals surface area contributed by atoms with E-state index in [1.165, 1.54) is 16.8 Å². The first-order chi connectivity index (χ1) is 19.3. The average Bonchev–Trinajstić information content (AvgIpc) is 3.39. The van der Waals surface area contributed by atoms with Gasteiger partial charge in [-0.25, -0.2) is 14.3 Å². The van der Waals surface area contributed by atoms with Gasteiger partial charge < -0.3 is 5.32 Å². The number of nitrogens with one attached hydrogen (secondary N) is 2. The van der Waals surface area contributed by atoms with Crippen LogP contribution in [0.5, 0.6) is 0 Å². The number of unbranched alkanes of at least 4 members (excludes halogenated alkanes) is 1. The van der Waals surface area contributed by atoms with Crippen LogP contribution in [0.25, 0.3) is 11.3 Å². The number of hydrogen-bond donors (Lipinski definition) is 2. The molecule has 0 spiro atoms. The second kappa shape index (κ2) is 10.4. The lowest BCUT2D eigenvalue weighted by atomic mass is 9.78. The molecule has 0 bridgehead atoms. The summed E-state index contributed by atoms with van der Waals surface area (Å²) in [6.07, 6.45) is -8.28. The molecule has 2 aromatic heterocycles. The minimum absolute atomic E-state index is 0.0153. The zero-order valence-electron chi connectivity index (χ0n) is 21.3. The van der Waals surface area contributed by atoms with Crippen LogP contribution in [0.1, 0.15) is 55.3 Å². The standard InChI is InChI=1S/C25H24F7N7O2/c26-18-11-14(3-1-2-9-24(27,28)29)6-7-17(18)23(25(30,31)32)12-16(19-8-10-38(35-19)13-15-4-5-15)20(21(40)33-23)39-22(41)34-36-37-39/h6-8,10-11,15H,1-5,9,12-13H2,(H,33,40)(H,34,37,41)/t23-/m0/s1. The van der Waals surface area contributed by atoms with Crippen molar-refractivity contribution in [2.24, 2.45) is 5.92 Å². The fourth-order valence-corrected chi connectivity index (χ4v) is 4.95. The number of nitrogens with zero attached hydrogens (tertiary/aromatic N) is 5. The zero-order chi connectivity index (χ0) is 29.6. The first-order valence-corrected chi connectivity index (χ1v) is 12.8. The lowest BCUT2D eigenvalue weighted by Gasteiger charge is -2.41. The topological polar surface area (TPSA) is 110 Å². The third-order valence-corrected chi connectivity index (χ3v) is 7.20. The van der Waals surface area contributed by atoms with Crippen molar-refractivity contribution in [1.82, 2.24) is 35.3 Å². The number of rotatable bonds is 9. The van der Waals surface area contributed by atoms with Crippen molar-refractivity contribution in [1.29, 1.82) is 0 Å². The van der Waals surface area contributed by atoms with Crippen molar-refractivity contribution in [3.05, 3.63) is 63.6 Å². The van der Waals surface area contributed by atoms with Gasteiger partial charge in [-0.05, 0) is 66.1 Å². The molecule has 9 nitrogen and oxygen atoms in total. The Balaban J connectivity index is 1.54. The van der Waals surface area contributed by atoms with Crippen LogP contribution in [-0.4, -0.2) is 48.2 Å². The molecule has 3 aromatic rings. The van der Waals surface area contributed by atoms with Crippen LogP contribution in [0.4, 0.5) is 30.7 Å². The summed E-state index contributed by atoms with van der Waals surface area (Å²) in [4.78, 5) is 25.6. The number of H-pyrrole nitrogens is 1. The van der Waals surface area contributed by atoms with E-state index in [4.69, 9.17) is 0 Å². The van der Waals surface area contributed by atoms with Gasteiger partial charge in [-0.15, -0.1) is 0 Å². The Hall–Kier alpha value is -3.98. The summed E-state index contributed by atoms with van der Waals surface area (Å²) in [6, 6.07) is 4.30. The molecule has 220 valence electrons. The Labute approximate surface area is 227 Å². The predicted molar refractivity (Wildman–Crippen MR) is 129 cm³/mol. The molecule has 16 heteroatoms. The summed E-state index contributed by atoms with van der Waals surface area (Å²) >= 11 is 0. The SMILES string of the molecule is O=C1N[C@@](c2ccc(CCCCC(F)(F)F)cc2F)(C(F)(F)F)CC(c2ccn(CC3CC3)n2)=C1n1nn[nH]c1=O. The Kier molecular flexibility index (Phi) is 7.27. The minimum atomic E-state index is -5.22. The lowest BCUT2D eigenvalue weighted by Crippen LogP contribution is -2.59. The lowest BCUT2D eigenvalue weighted by molar-refractivity contribution is -0.202. The van der Waals surface area contributed by atoms with E-state index < -0.39 is 59.4 Å². The molecule has 41 heavy (non-hydrogen) atoms. The van der Waals surface area contributed by atoms with Crippen molar-refractivity contribution in [2.45, 2.75) is 69.4 Å². The molecule has 0 unspecified atom stereocenters. The number of aromatic nitrogens is 6. The van der Waals surface area contributed by atoms with Gasteiger partial charge in [0.05, 0.1) is 5.69 Å². The van der Waals surface area contributed by atoms with Crippen molar-refractivity contribution < 1.29 is 35.5 Å². The number of carbonyl (C=O) groups is 1. The maximum atomic E-state index is 15.4. The number of carbonyl (C=O) groups excluding carboxylic acids is 1. The molecule has 0 radical (unpaired) electrons. The molecule has 1 aliphatic heterocycles.